The van der Waals surface area contributed by atoms with Crippen molar-refractivity contribution in [1.29, 1.82) is 0 Å². The Labute approximate surface area is 99.3 Å². The molecule has 0 spiro atoms. The summed E-state index contributed by atoms with van der Waals surface area (Å²) in [4.78, 5) is 10.1. The van der Waals surface area contributed by atoms with Crippen molar-refractivity contribution in [3.05, 3.63) is 28.3 Å². The number of nitro groups is 1. The highest BCUT2D eigenvalue weighted by atomic mass is 16.6. The Balaban J connectivity index is 1.97. The van der Waals surface area contributed by atoms with Crippen LogP contribution in [-0.4, -0.2) is 24.6 Å². The van der Waals surface area contributed by atoms with Gasteiger partial charge < -0.3 is 16.4 Å². The van der Waals surface area contributed by atoms with Crippen LogP contribution in [0.5, 0.6) is 0 Å². The van der Waals surface area contributed by atoms with Gasteiger partial charge in [-0.05, 0) is 37.6 Å². The minimum absolute atomic E-state index is 0.0434. The maximum atomic E-state index is 10.6. The third kappa shape index (κ3) is 2.85. The average Bonchev–Trinajstić information content (AvgIpc) is 2.78. The predicted molar refractivity (Wildman–Crippen MR) is 67.0 cm³/mol. The molecule has 4 N–H and O–H groups in total. The molecule has 0 bridgehead atoms. The van der Waals surface area contributed by atoms with Gasteiger partial charge in [-0.25, -0.2) is 0 Å². The van der Waals surface area contributed by atoms with E-state index in [-0.39, 0.29) is 11.4 Å². The molecular formula is C11H16N4O2. The molecule has 0 aromatic heterocycles. The van der Waals surface area contributed by atoms with Crippen molar-refractivity contribution in [2.24, 2.45) is 5.92 Å². The first kappa shape index (κ1) is 11.7. The summed E-state index contributed by atoms with van der Waals surface area (Å²) in [5.74, 6) is 0.617. The largest absolute Gasteiger partial charge is 0.393 e. The van der Waals surface area contributed by atoms with Crippen LogP contribution in [0.2, 0.25) is 0 Å². The second-order valence-corrected chi connectivity index (χ2v) is 4.27. The molecule has 0 saturated carbocycles. The first-order valence-electron chi connectivity index (χ1n) is 5.65. The molecule has 1 aliphatic rings. The molecule has 1 aromatic rings. The van der Waals surface area contributed by atoms with Gasteiger partial charge in [-0.1, -0.05) is 0 Å². The highest BCUT2D eigenvalue weighted by Gasteiger charge is 2.15. The molecule has 0 aliphatic carbocycles. The van der Waals surface area contributed by atoms with Gasteiger partial charge in [0.05, 0.1) is 4.92 Å². The molecule has 6 heteroatoms. The van der Waals surface area contributed by atoms with E-state index < -0.39 is 4.92 Å². The van der Waals surface area contributed by atoms with Crippen LogP contribution in [0, 0.1) is 16.0 Å². The van der Waals surface area contributed by atoms with Crippen LogP contribution in [-0.2, 0) is 0 Å². The topological polar surface area (TPSA) is 93.2 Å². The third-order valence-corrected chi connectivity index (χ3v) is 2.98. The van der Waals surface area contributed by atoms with Crippen LogP contribution in [0.1, 0.15) is 6.42 Å². The molecule has 1 aromatic carbocycles. The van der Waals surface area contributed by atoms with E-state index >= 15 is 0 Å². The van der Waals surface area contributed by atoms with Crippen molar-refractivity contribution < 1.29 is 4.92 Å². The van der Waals surface area contributed by atoms with Crippen LogP contribution in [0.15, 0.2) is 18.2 Å². The molecule has 1 atom stereocenters. The van der Waals surface area contributed by atoms with Crippen LogP contribution in [0.25, 0.3) is 0 Å². The number of rotatable bonds is 4. The van der Waals surface area contributed by atoms with E-state index in [1.807, 2.05) is 0 Å². The Bertz CT molecular complexity index is 416. The Morgan fingerprint density at radius 3 is 3.00 bits per heavy atom. The van der Waals surface area contributed by atoms with Crippen molar-refractivity contribution in [2.45, 2.75) is 6.42 Å². The van der Waals surface area contributed by atoms with Crippen LogP contribution >= 0.6 is 0 Å². The molecule has 0 radical (unpaired) electrons. The molecule has 1 unspecified atom stereocenters. The number of nitrogens with two attached hydrogens (primary N) is 1. The van der Waals surface area contributed by atoms with Crippen LogP contribution in [0.4, 0.5) is 17.1 Å². The standard InChI is InChI=1S/C11H16N4O2/c12-10-5-9(1-2-11(10)15(16)17)14-7-8-3-4-13-6-8/h1-2,5,8,13-14H,3-4,6-7,12H2. The molecule has 1 saturated heterocycles. The lowest BCUT2D eigenvalue weighted by molar-refractivity contribution is -0.383. The van der Waals surface area contributed by atoms with Gasteiger partial charge in [0, 0.05) is 18.3 Å². The summed E-state index contributed by atoms with van der Waals surface area (Å²) in [7, 11) is 0. The first-order chi connectivity index (χ1) is 8.16. The number of nitrogens with one attached hydrogen (secondary N) is 2. The minimum Gasteiger partial charge on any atom is -0.393 e. The number of hydrogen-bond donors (Lipinski definition) is 3. The highest BCUT2D eigenvalue weighted by molar-refractivity contribution is 5.65. The highest BCUT2D eigenvalue weighted by Crippen LogP contribution is 2.24. The van der Waals surface area contributed by atoms with E-state index in [9.17, 15) is 10.1 Å². The number of anilines is 2. The van der Waals surface area contributed by atoms with Gasteiger partial charge in [-0.15, -0.1) is 0 Å². The van der Waals surface area contributed by atoms with Gasteiger partial charge in [0.2, 0.25) is 0 Å². The van der Waals surface area contributed by atoms with Crippen molar-refractivity contribution >= 4 is 17.1 Å². The third-order valence-electron chi connectivity index (χ3n) is 2.98. The van der Waals surface area contributed by atoms with E-state index in [0.29, 0.717) is 5.92 Å². The number of nitro benzene ring substituents is 1. The molecule has 1 fully saturated rings. The molecular weight excluding hydrogens is 220 g/mol. The quantitative estimate of drug-likeness (QED) is 0.415. The van der Waals surface area contributed by atoms with Gasteiger partial charge in [-0.2, -0.15) is 0 Å². The summed E-state index contributed by atoms with van der Waals surface area (Å²) < 4.78 is 0. The van der Waals surface area contributed by atoms with E-state index in [0.717, 1.165) is 31.7 Å². The number of nitrogens with zero attached hydrogens (tertiary/aromatic N) is 1. The summed E-state index contributed by atoms with van der Waals surface area (Å²) >= 11 is 0. The first-order valence-corrected chi connectivity index (χ1v) is 5.65. The monoisotopic (exact) mass is 236 g/mol. The van der Waals surface area contributed by atoms with E-state index in [2.05, 4.69) is 10.6 Å². The predicted octanol–water partition coefficient (Wildman–Crippen LogP) is 1.20. The zero-order valence-electron chi connectivity index (χ0n) is 9.48. The van der Waals surface area contributed by atoms with E-state index in [1.165, 1.54) is 6.07 Å². The second kappa shape index (κ2) is 5.01. The Morgan fingerprint density at radius 1 is 1.59 bits per heavy atom. The summed E-state index contributed by atoms with van der Waals surface area (Å²) in [6, 6.07) is 4.74. The van der Waals surface area contributed by atoms with Crippen LogP contribution < -0.4 is 16.4 Å². The SMILES string of the molecule is Nc1cc(NCC2CCNC2)ccc1[N+](=O)[O-]. The normalized spacial score (nSPS) is 19.2. The lowest BCUT2D eigenvalue weighted by Gasteiger charge is -2.11. The zero-order chi connectivity index (χ0) is 12.3. The molecule has 0 amide bonds. The molecule has 92 valence electrons. The molecule has 17 heavy (non-hydrogen) atoms. The maximum absolute atomic E-state index is 10.6. The van der Waals surface area contributed by atoms with Gasteiger partial charge in [-0.3, -0.25) is 10.1 Å². The van der Waals surface area contributed by atoms with Gasteiger partial charge in [0.15, 0.2) is 0 Å². The molecule has 1 heterocycles. The van der Waals surface area contributed by atoms with E-state index in [4.69, 9.17) is 5.73 Å². The second-order valence-electron chi connectivity index (χ2n) is 4.27. The molecule has 2 rings (SSSR count). The maximum Gasteiger partial charge on any atom is 0.292 e. The number of benzene rings is 1. The Kier molecular flexibility index (Phi) is 3.43. The van der Waals surface area contributed by atoms with E-state index in [1.54, 1.807) is 12.1 Å². The minimum atomic E-state index is -0.472. The fourth-order valence-corrected chi connectivity index (χ4v) is 1.98. The van der Waals surface area contributed by atoms with Gasteiger partial charge in [0.1, 0.15) is 5.69 Å². The Hall–Kier alpha value is -1.82. The van der Waals surface area contributed by atoms with Crippen molar-refractivity contribution in [3.63, 3.8) is 0 Å². The zero-order valence-corrected chi connectivity index (χ0v) is 9.48. The smallest absolute Gasteiger partial charge is 0.292 e. The van der Waals surface area contributed by atoms with Crippen molar-refractivity contribution in [1.82, 2.24) is 5.32 Å². The number of hydrogen-bond acceptors (Lipinski definition) is 5. The summed E-state index contributed by atoms with van der Waals surface area (Å²) in [6.07, 6.45) is 1.16. The lowest BCUT2D eigenvalue weighted by Crippen LogP contribution is -2.17. The van der Waals surface area contributed by atoms with Crippen LogP contribution in [0.3, 0.4) is 0 Å². The molecule has 6 nitrogen and oxygen atoms in total. The molecule has 1 aliphatic heterocycles. The summed E-state index contributed by atoms with van der Waals surface area (Å²) in [6.45, 7) is 2.95. The fourth-order valence-electron chi connectivity index (χ4n) is 1.98. The Morgan fingerprint density at radius 2 is 2.41 bits per heavy atom. The lowest BCUT2D eigenvalue weighted by atomic mass is 10.1. The average molecular weight is 236 g/mol. The van der Waals surface area contributed by atoms with Gasteiger partial charge >= 0.3 is 0 Å². The number of nitrogen functional groups attached to an aromatic ring is 1. The van der Waals surface area contributed by atoms with Gasteiger partial charge in [0.25, 0.3) is 5.69 Å². The summed E-state index contributed by atoms with van der Waals surface area (Å²) in [5, 5.41) is 17.1. The van der Waals surface area contributed by atoms with Crippen molar-refractivity contribution in [2.75, 3.05) is 30.7 Å². The fraction of sp³-hybridized carbons (Fsp3) is 0.455. The summed E-state index contributed by atoms with van der Waals surface area (Å²) in [5.41, 5.74) is 6.60. The van der Waals surface area contributed by atoms with Crippen molar-refractivity contribution in [3.8, 4) is 0 Å².